The van der Waals surface area contributed by atoms with Gasteiger partial charge in [0.25, 0.3) is 0 Å². The maximum Gasteiger partial charge on any atom is 0.303 e. The number of nitriles is 1. The average Bonchev–Trinajstić information content (AvgIpc) is 2.51. The molecule has 0 aromatic heterocycles. The minimum Gasteiger partial charge on any atom is -0.481 e. The molecule has 2 rings (SSSR count). The van der Waals surface area contributed by atoms with Crippen LogP contribution in [0, 0.1) is 11.3 Å². The number of hydrogen-bond acceptors (Lipinski definition) is 2. The zero-order valence-corrected chi connectivity index (χ0v) is 11.7. The maximum atomic E-state index is 10.6. The van der Waals surface area contributed by atoms with Crippen molar-refractivity contribution in [3.8, 4) is 17.2 Å². The first kappa shape index (κ1) is 14.8. The molecular weight excluding hydrogens is 262 g/mol. The van der Waals surface area contributed by atoms with Crippen LogP contribution in [-0.2, 0) is 11.2 Å². The Morgan fingerprint density at radius 2 is 1.81 bits per heavy atom. The number of carboxylic acid groups (broad SMARTS) is 1. The lowest BCUT2D eigenvalue weighted by molar-refractivity contribution is -0.137. The summed E-state index contributed by atoms with van der Waals surface area (Å²) in [6.07, 6.45) is 2.44. The Hall–Kier alpha value is -2.60. The molecule has 0 fully saturated rings. The second-order valence-corrected chi connectivity index (χ2v) is 4.92. The second kappa shape index (κ2) is 7.25. The highest BCUT2D eigenvalue weighted by molar-refractivity contribution is 5.74. The van der Waals surface area contributed by atoms with Gasteiger partial charge in [-0.05, 0) is 36.5 Å². The van der Waals surface area contributed by atoms with Crippen molar-refractivity contribution in [2.24, 2.45) is 0 Å². The molecule has 0 aliphatic heterocycles. The van der Waals surface area contributed by atoms with Gasteiger partial charge in [0.1, 0.15) is 0 Å². The van der Waals surface area contributed by atoms with Crippen molar-refractivity contribution >= 4 is 5.97 Å². The minimum atomic E-state index is -0.760. The minimum absolute atomic E-state index is 0.193. The summed E-state index contributed by atoms with van der Waals surface area (Å²) in [7, 11) is 0. The molecule has 106 valence electrons. The van der Waals surface area contributed by atoms with Gasteiger partial charge in [-0.25, -0.2) is 0 Å². The van der Waals surface area contributed by atoms with Crippen molar-refractivity contribution in [1.82, 2.24) is 0 Å². The molecule has 0 saturated heterocycles. The zero-order valence-electron chi connectivity index (χ0n) is 11.7. The van der Waals surface area contributed by atoms with Crippen molar-refractivity contribution in [3.63, 3.8) is 0 Å². The van der Waals surface area contributed by atoms with Crippen molar-refractivity contribution < 1.29 is 9.90 Å². The van der Waals surface area contributed by atoms with Crippen LogP contribution in [0.5, 0.6) is 0 Å². The lowest BCUT2D eigenvalue weighted by Crippen LogP contribution is -1.97. The molecule has 3 heteroatoms. The summed E-state index contributed by atoms with van der Waals surface area (Å²) in [5, 5.41) is 18.0. The van der Waals surface area contributed by atoms with Gasteiger partial charge in [0.2, 0.25) is 0 Å². The Bertz CT molecular complexity index is 657. The highest BCUT2D eigenvalue weighted by Gasteiger charge is 2.10. The lowest BCUT2D eigenvalue weighted by atomic mass is 9.92. The number of benzene rings is 2. The van der Waals surface area contributed by atoms with Gasteiger partial charge in [-0.15, -0.1) is 0 Å². The van der Waals surface area contributed by atoms with Crippen LogP contribution in [0.25, 0.3) is 11.1 Å². The quantitative estimate of drug-likeness (QED) is 0.812. The van der Waals surface area contributed by atoms with Crippen LogP contribution < -0.4 is 0 Å². The largest absolute Gasteiger partial charge is 0.481 e. The number of nitrogens with zero attached hydrogens (tertiary/aromatic N) is 1. The van der Waals surface area contributed by atoms with Crippen molar-refractivity contribution in [2.75, 3.05) is 0 Å². The Morgan fingerprint density at radius 1 is 1.05 bits per heavy atom. The van der Waals surface area contributed by atoms with Crippen LogP contribution in [0.2, 0.25) is 0 Å². The van der Waals surface area contributed by atoms with E-state index < -0.39 is 5.97 Å². The first-order valence-electron chi connectivity index (χ1n) is 7.01. The Labute approximate surface area is 124 Å². The maximum absolute atomic E-state index is 10.6. The smallest absolute Gasteiger partial charge is 0.303 e. The van der Waals surface area contributed by atoms with E-state index >= 15 is 0 Å². The van der Waals surface area contributed by atoms with Gasteiger partial charge < -0.3 is 5.11 Å². The fourth-order valence-corrected chi connectivity index (χ4v) is 2.44. The molecule has 0 unspecified atom stereocenters. The van der Waals surface area contributed by atoms with Gasteiger partial charge >= 0.3 is 5.97 Å². The van der Waals surface area contributed by atoms with Crippen molar-refractivity contribution in [2.45, 2.75) is 25.7 Å². The van der Waals surface area contributed by atoms with Gasteiger partial charge in [-0.3, -0.25) is 4.79 Å². The van der Waals surface area contributed by atoms with E-state index in [4.69, 9.17) is 5.11 Å². The summed E-state index contributed by atoms with van der Waals surface area (Å²) in [5.74, 6) is -0.760. The summed E-state index contributed by atoms with van der Waals surface area (Å²) in [5.41, 5.74) is 3.77. The lowest BCUT2D eigenvalue weighted by Gasteiger charge is -2.11. The van der Waals surface area contributed by atoms with E-state index in [1.54, 1.807) is 0 Å². The molecule has 0 amide bonds. The predicted octanol–water partition coefficient (Wildman–Crippen LogP) is 4.02. The standard InChI is InChI=1S/C18H17NO2/c19-13-16-11-6-10-15(9-4-5-12-17(20)21)18(16)14-7-2-1-3-8-14/h1-3,6-8,10-11H,4-5,9,12H2,(H,20,21). The molecule has 21 heavy (non-hydrogen) atoms. The Balaban J connectivity index is 2.25. The predicted molar refractivity (Wildman–Crippen MR) is 81.8 cm³/mol. The topological polar surface area (TPSA) is 61.1 Å². The fourth-order valence-electron chi connectivity index (χ4n) is 2.44. The highest BCUT2D eigenvalue weighted by atomic mass is 16.4. The van der Waals surface area contributed by atoms with E-state index in [9.17, 15) is 10.1 Å². The SMILES string of the molecule is N#Cc1cccc(CCCCC(=O)O)c1-c1ccccc1. The van der Waals surface area contributed by atoms with E-state index in [2.05, 4.69) is 6.07 Å². The normalized spacial score (nSPS) is 10.0. The molecule has 3 nitrogen and oxygen atoms in total. The molecule has 2 aromatic carbocycles. The third-order valence-electron chi connectivity index (χ3n) is 3.42. The third-order valence-corrected chi connectivity index (χ3v) is 3.42. The van der Waals surface area contributed by atoms with Crippen LogP contribution in [0.1, 0.15) is 30.4 Å². The van der Waals surface area contributed by atoms with Crippen molar-refractivity contribution in [3.05, 3.63) is 59.7 Å². The number of unbranched alkanes of at least 4 members (excludes halogenated alkanes) is 1. The number of aliphatic carboxylic acids is 1. The third kappa shape index (κ3) is 3.93. The second-order valence-electron chi connectivity index (χ2n) is 4.92. The molecule has 1 N–H and O–H groups in total. The molecule has 0 radical (unpaired) electrons. The van der Waals surface area contributed by atoms with Crippen LogP contribution in [0.4, 0.5) is 0 Å². The summed E-state index contributed by atoms with van der Waals surface area (Å²) < 4.78 is 0. The average molecular weight is 279 g/mol. The van der Waals surface area contributed by atoms with E-state index in [1.807, 2.05) is 48.5 Å². The molecule has 0 saturated carbocycles. The summed E-state index contributed by atoms with van der Waals surface area (Å²) in [6.45, 7) is 0. The summed E-state index contributed by atoms with van der Waals surface area (Å²) in [4.78, 5) is 10.6. The Kier molecular flexibility index (Phi) is 5.11. The monoisotopic (exact) mass is 279 g/mol. The van der Waals surface area contributed by atoms with Crippen molar-refractivity contribution in [1.29, 1.82) is 5.26 Å². The van der Waals surface area contributed by atoms with Crippen LogP contribution in [0.3, 0.4) is 0 Å². The number of aryl methyl sites for hydroxylation is 1. The molecule has 0 spiro atoms. The van der Waals surface area contributed by atoms with Gasteiger partial charge in [0, 0.05) is 12.0 Å². The number of hydrogen-bond donors (Lipinski definition) is 1. The van der Waals surface area contributed by atoms with Gasteiger partial charge in [-0.2, -0.15) is 5.26 Å². The van der Waals surface area contributed by atoms with Gasteiger partial charge in [-0.1, -0.05) is 42.5 Å². The number of rotatable bonds is 6. The molecular formula is C18H17NO2. The van der Waals surface area contributed by atoms with Crippen LogP contribution >= 0.6 is 0 Å². The van der Waals surface area contributed by atoms with Gasteiger partial charge in [0.05, 0.1) is 11.6 Å². The summed E-state index contributed by atoms with van der Waals surface area (Å²) in [6, 6.07) is 17.8. The van der Waals surface area contributed by atoms with E-state index in [1.165, 1.54) is 0 Å². The molecule has 0 atom stereocenters. The molecule has 2 aromatic rings. The Morgan fingerprint density at radius 3 is 2.48 bits per heavy atom. The summed E-state index contributed by atoms with van der Waals surface area (Å²) >= 11 is 0. The molecule has 0 aliphatic carbocycles. The fraction of sp³-hybridized carbons (Fsp3) is 0.222. The van der Waals surface area contributed by atoms with Crippen LogP contribution in [0.15, 0.2) is 48.5 Å². The number of carbonyl (C=O) groups is 1. The molecule has 0 heterocycles. The van der Waals surface area contributed by atoms with Crippen LogP contribution in [-0.4, -0.2) is 11.1 Å². The number of carboxylic acids is 1. The molecule has 0 aliphatic rings. The highest BCUT2D eigenvalue weighted by Crippen LogP contribution is 2.28. The van der Waals surface area contributed by atoms with E-state index in [-0.39, 0.29) is 6.42 Å². The molecule has 0 bridgehead atoms. The van der Waals surface area contributed by atoms with E-state index in [0.29, 0.717) is 12.0 Å². The van der Waals surface area contributed by atoms with E-state index in [0.717, 1.165) is 29.5 Å². The first-order chi connectivity index (χ1) is 10.2. The zero-order chi connectivity index (χ0) is 15.1. The van der Waals surface area contributed by atoms with Gasteiger partial charge in [0.15, 0.2) is 0 Å². The first-order valence-corrected chi connectivity index (χ1v) is 7.01.